The van der Waals surface area contributed by atoms with Crippen LogP contribution < -0.4 is 0 Å². The van der Waals surface area contributed by atoms with Crippen molar-refractivity contribution in [2.24, 2.45) is 0 Å². The summed E-state index contributed by atoms with van der Waals surface area (Å²) in [4.78, 5) is 0. The van der Waals surface area contributed by atoms with Gasteiger partial charge in [0.15, 0.2) is 0 Å². The summed E-state index contributed by atoms with van der Waals surface area (Å²) in [5.74, 6) is -3.96. The smallest absolute Gasteiger partial charge is 0.206 e. The predicted octanol–water partition coefficient (Wildman–Crippen LogP) is 5.58. The van der Waals surface area contributed by atoms with Crippen molar-refractivity contribution in [1.29, 1.82) is 0 Å². The van der Waals surface area contributed by atoms with Crippen LogP contribution in [0.25, 0.3) is 11.1 Å². The highest BCUT2D eigenvalue weighted by atomic mass is 19.3. The number of halogens is 3. The monoisotopic (exact) mass is 288 g/mol. The maximum Gasteiger partial charge on any atom is 0.277 e. The van der Waals surface area contributed by atoms with Crippen LogP contribution in [0, 0.1) is 5.82 Å². The number of hydrogen-bond acceptors (Lipinski definition) is 0. The molecule has 0 saturated heterocycles. The highest BCUT2D eigenvalue weighted by Gasteiger charge is 2.35. The molecular weight excluding hydrogens is 273 g/mol. The van der Waals surface area contributed by atoms with Gasteiger partial charge in [-0.05, 0) is 17.2 Å². The number of allylic oxidation sites excluding steroid dienone is 2. The van der Waals surface area contributed by atoms with Crippen LogP contribution in [0.1, 0.15) is 17.5 Å². The minimum absolute atomic E-state index is 0.164. The molecule has 2 aromatic carbocycles. The quantitative estimate of drug-likeness (QED) is 0.674. The molecule has 0 atom stereocenters. The van der Waals surface area contributed by atoms with Gasteiger partial charge in [0.05, 0.1) is 0 Å². The van der Waals surface area contributed by atoms with Crippen LogP contribution in [0.5, 0.6) is 0 Å². The predicted molar refractivity (Wildman–Crippen MR) is 80.5 cm³/mol. The Hall–Kier alpha value is -2.29. The average Bonchev–Trinajstić information content (AvgIpc) is 2.47. The molecular formula is C18H15F3. The largest absolute Gasteiger partial charge is 0.277 e. The van der Waals surface area contributed by atoms with Crippen molar-refractivity contribution < 1.29 is 13.2 Å². The standard InChI is InChI=1S/C18H15F3/c1-13(15-8-4-3-5-9-15)12-18(20,21)14(2)16-10-6-7-11-17(16)19/h3-11H,1-2,12H2. The van der Waals surface area contributed by atoms with E-state index < -0.39 is 23.7 Å². The number of benzene rings is 2. The molecule has 2 aromatic rings. The maximum absolute atomic E-state index is 14.3. The highest BCUT2D eigenvalue weighted by Crippen LogP contribution is 2.39. The van der Waals surface area contributed by atoms with Crippen LogP contribution in [0.15, 0.2) is 67.8 Å². The molecule has 0 aromatic heterocycles. The van der Waals surface area contributed by atoms with Crippen molar-refractivity contribution in [2.45, 2.75) is 12.3 Å². The van der Waals surface area contributed by atoms with Gasteiger partial charge in [0.1, 0.15) is 5.82 Å². The molecule has 0 radical (unpaired) electrons. The van der Waals surface area contributed by atoms with Gasteiger partial charge in [-0.15, -0.1) is 0 Å². The van der Waals surface area contributed by atoms with Crippen LogP contribution in [-0.4, -0.2) is 5.92 Å². The van der Waals surface area contributed by atoms with E-state index in [1.54, 1.807) is 30.3 Å². The molecule has 0 spiro atoms. The lowest BCUT2D eigenvalue weighted by Gasteiger charge is -2.21. The Bertz CT molecular complexity index is 657. The lowest BCUT2D eigenvalue weighted by atomic mass is 9.93. The van der Waals surface area contributed by atoms with Crippen LogP contribution in [0.4, 0.5) is 13.2 Å². The molecule has 0 unspecified atom stereocenters. The topological polar surface area (TPSA) is 0 Å². The van der Waals surface area contributed by atoms with Crippen LogP contribution in [0.3, 0.4) is 0 Å². The summed E-state index contributed by atoms with van der Waals surface area (Å²) in [6, 6.07) is 14.1. The van der Waals surface area contributed by atoms with E-state index in [0.29, 0.717) is 5.56 Å². The summed E-state index contributed by atoms with van der Waals surface area (Å²) in [7, 11) is 0. The Morgan fingerprint density at radius 1 is 0.905 bits per heavy atom. The summed E-state index contributed by atoms with van der Waals surface area (Å²) < 4.78 is 42.2. The second-order valence-corrected chi connectivity index (χ2v) is 4.81. The average molecular weight is 288 g/mol. The third-order valence-electron chi connectivity index (χ3n) is 3.26. The molecule has 108 valence electrons. The van der Waals surface area contributed by atoms with Gasteiger partial charge in [-0.3, -0.25) is 0 Å². The van der Waals surface area contributed by atoms with E-state index >= 15 is 0 Å². The van der Waals surface area contributed by atoms with E-state index in [9.17, 15) is 13.2 Å². The first kappa shape index (κ1) is 15.1. The molecule has 0 nitrogen and oxygen atoms in total. The summed E-state index contributed by atoms with van der Waals surface area (Å²) in [5, 5.41) is 0. The Kier molecular flexibility index (Phi) is 4.32. The fourth-order valence-corrected chi connectivity index (χ4v) is 2.05. The summed E-state index contributed by atoms with van der Waals surface area (Å²) in [6.07, 6.45) is -0.593. The maximum atomic E-state index is 14.3. The van der Waals surface area contributed by atoms with E-state index in [-0.39, 0.29) is 11.1 Å². The third-order valence-corrected chi connectivity index (χ3v) is 3.26. The molecule has 3 heteroatoms. The molecule has 0 bridgehead atoms. The fourth-order valence-electron chi connectivity index (χ4n) is 2.05. The molecule has 0 amide bonds. The summed E-state index contributed by atoms with van der Waals surface area (Å²) in [5.41, 5.74) is 0.234. The number of hydrogen-bond donors (Lipinski definition) is 0. The van der Waals surface area contributed by atoms with Crippen molar-refractivity contribution in [2.75, 3.05) is 0 Å². The minimum atomic E-state index is -3.25. The zero-order valence-corrected chi connectivity index (χ0v) is 11.5. The van der Waals surface area contributed by atoms with Gasteiger partial charge in [0.2, 0.25) is 0 Å². The molecule has 0 N–H and O–H groups in total. The van der Waals surface area contributed by atoms with Gasteiger partial charge in [-0.2, -0.15) is 0 Å². The fraction of sp³-hybridized carbons (Fsp3) is 0.111. The molecule has 2 rings (SSSR count). The van der Waals surface area contributed by atoms with E-state index in [1.807, 2.05) is 0 Å². The Morgan fingerprint density at radius 2 is 1.48 bits per heavy atom. The first-order chi connectivity index (χ1) is 9.92. The molecule has 0 fully saturated rings. The van der Waals surface area contributed by atoms with E-state index in [2.05, 4.69) is 13.2 Å². The summed E-state index contributed by atoms with van der Waals surface area (Å²) in [6.45, 7) is 7.07. The minimum Gasteiger partial charge on any atom is -0.206 e. The van der Waals surface area contributed by atoms with E-state index in [1.165, 1.54) is 18.2 Å². The van der Waals surface area contributed by atoms with E-state index in [0.717, 1.165) is 6.07 Å². The van der Waals surface area contributed by atoms with Crippen molar-refractivity contribution >= 4 is 11.1 Å². The molecule has 0 saturated carbocycles. The highest BCUT2D eigenvalue weighted by molar-refractivity contribution is 5.73. The molecule has 0 heterocycles. The van der Waals surface area contributed by atoms with Crippen LogP contribution >= 0.6 is 0 Å². The Balaban J connectivity index is 2.21. The molecule has 21 heavy (non-hydrogen) atoms. The van der Waals surface area contributed by atoms with Crippen molar-refractivity contribution in [3.63, 3.8) is 0 Å². The van der Waals surface area contributed by atoms with Gasteiger partial charge in [0.25, 0.3) is 5.92 Å². The van der Waals surface area contributed by atoms with E-state index in [4.69, 9.17) is 0 Å². The Labute approximate surface area is 122 Å². The van der Waals surface area contributed by atoms with Gasteiger partial charge in [0, 0.05) is 17.6 Å². The molecule has 0 aliphatic rings. The lowest BCUT2D eigenvalue weighted by Crippen LogP contribution is -2.19. The molecule has 0 aliphatic heterocycles. The number of rotatable bonds is 5. The van der Waals surface area contributed by atoms with Gasteiger partial charge in [-0.1, -0.05) is 61.7 Å². The van der Waals surface area contributed by atoms with Crippen LogP contribution in [-0.2, 0) is 0 Å². The SMILES string of the molecule is C=C(CC(F)(F)C(=C)c1ccccc1F)c1ccccc1. The normalized spacial score (nSPS) is 11.2. The third kappa shape index (κ3) is 3.43. The second-order valence-electron chi connectivity index (χ2n) is 4.81. The first-order valence-electron chi connectivity index (χ1n) is 6.47. The van der Waals surface area contributed by atoms with Crippen molar-refractivity contribution in [3.05, 3.63) is 84.7 Å². The zero-order chi connectivity index (χ0) is 15.5. The summed E-state index contributed by atoms with van der Waals surface area (Å²) >= 11 is 0. The zero-order valence-electron chi connectivity index (χ0n) is 11.5. The van der Waals surface area contributed by atoms with Crippen molar-refractivity contribution in [1.82, 2.24) is 0 Å². The van der Waals surface area contributed by atoms with Gasteiger partial charge in [-0.25, -0.2) is 13.2 Å². The van der Waals surface area contributed by atoms with Gasteiger partial charge < -0.3 is 0 Å². The Morgan fingerprint density at radius 3 is 2.10 bits per heavy atom. The van der Waals surface area contributed by atoms with Crippen LogP contribution in [0.2, 0.25) is 0 Å². The van der Waals surface area contributed by atoms with Crippen molar-refractivity contribution in [3.8, 4) is 0 Å². The second kappa shape index (κ2) is 6.00. The number of alkyl halides is 2. The lowest BCUT2D eigenvalue weighted by molar-refractivity contribution is 0.0732. The first-order valence-corrected chi connectivity index (χ1v) is 6.47. The molecule has 0 aliphatic carbocycles. The van der Waals surface area contributed by atoms with Gasteiger partial charge >= 0.3 is 0 Å².